The van der Waals surface area contributed by atoms with Crippen LogP contribution < -0.4 is 5.32 Å². The van der Waals surface area contributed by atoms with Crippen LogP contribution in [0.15, 0.2) is 18.2 Å². The van der Waals surface area contributed by atoms with E-state index in [1.807, 2.05) is 0 Å². The van der Waals surface area contributed by atoms with Crippen LogP contribution in [0.5, 0.6) is 0 Å². The predicted octanol–water partition coefficient (Wildman–Crippen LogP) is 3.78. The van der Waals surface area contributed by atoms with Gasteiger partial charge in [0.15, 0.2) is 0 Å². The lowest BCUT2D eigenvalue weighted by Crippen LogP contribution is -2.12. The van der Waals surface area contributed by atoms with Crippen LogP contribution in [0.1, 0.15) is 43.2 Å². The molecule has 2 aliphatic rings. The molecule has 0 atom stereocenters. The van der Waals surface area contributed by atoms with Gasteiger partial charge < -0.3 is 5.32 Å². The highest BCUT2D eigenvalue weighted by molar-refractivity contribution is 5.54. The van der Waals surface area contributed by atoms with Gasteiger partial charge in [-0.2, -0.15) is 0 Å². The molecule has 0 saturated heterocycles. The van der Waals surface area contributed by atoms with Crippen molar-refractivity contribution < 1.29 is 0 Å². The van der Waals surface area contributed by atoms with Crippen molar-refractivity contribution in [3.05, 3.63) is 29.3 Å². The Hall–Kier alpha value is -0.980. The highest BCUT2D eigenvalue weighted by atomic mass is 14.9. The average Bonchev–Trinajstić information content (AvgIpc) is 2.82. The lowest BCUT2D eigenvalue weighted by molar-refractivity contribution is 0.546. The second-order valence-corrected chi connectivity index (χ2v) is 5.38. The first kappa shape index (κ1) is 10.2. The van der Waals surface area contributed by atoms with Gasteiger partial charge in [-0.25, -0.2) is 0 Å². The van der Waals surface area contributed by atoms with Crippen LogP contribution in [0.2, 0.25) is 0 Å². The van der Waals surface area contributed by atoms with Crippen molar-refractivity contribution in [2.45, 2.75) is 44.9 Å². The number of rotatable bonds is 2. The molecule has 1 saturated carbocycles. The van der Waals surface area contributed by atoms with Crippen LogP contribution in [0.25, 0.3) is 0 Å². The molecule has 0 radical (unpaired) electrons. The Kier molecular flexibility index (Phi) is 2.86. The Morgan fingerprint density at radius 3 is 2.88 bits per heavy atom. The number of anilines is 1. The Bertz CT molecular complexity index is 364. The topological polar surface area (TPSA) is 12.0 Å². The SMILES string of the molecule is c1cc2c(cc1CC1CCCC1)NCCC2. The Labute approximate surface area is 98.3 Å². The maximum atomic E-state index is 3.53. The molecule has 16 heavy (non-hydrogen) atoms. The smallest absolute Gasteiger partial charge is 0.0375 e. The average molecular weight is 215 g/mol. The van der Waals surface area contributed by atoms with E-state index in [-0.39, 0.29) is 0 Å². The number of hydrogen-bond acceptors (Lipinski definition) is 1. The van der Waals surface area contributed by atoms with Crippen molar-refractivity contribution in [2.75, 3.05) is 11.9 Å². The molecule has 0 amide bonds. The van der Waals surface area contributed by atoms with Gasteiger partial charge >= 0.3 is 0 Å². The van der Waals surface area contributed by atoms with Crippen LogP contribution in [0, 0.1) is 5.92 Å². The summed E-state index contributed by atoms with van der Waals surface area (Å²) in [6, 6.07) is 7.09. The van der Waals surface area contributed by atoms with Gasteiger partial charge in [0, 0.05) is 12.2 Å². The van der Waals surface area contributed by atoms with Gasteiger partial charge in [0.25, 0.3) is 0 Å². The van der Waals surface area contributed by atoms with Gasteiger partial charge in [0.1, 0.15) is 0 Å². The van der Waals surface area contributed by atoms with E-state index in [1.54, 1.807) is 5.56 Å². The third-order valence-electron chi connectivity index (χ3n) is 4.11. The third kappa shape index (κ3) is 2.09. The van der Waals surface area contributed by atoms with Gasteiger partial charge in [-0.15, -0.1) is 0 Å². The molecule has 1 aromatic rings. The second-order valence-electron chi connectivity index (χ2n) is 5.38. The highest BCUT2D eigenvalue weighted by Crippen LogP contribution is 2.30. The molecular weight excluding hydrogens is 194 g/mol. The molecule has 1 heterocycles. The van der Waals surface area contributed by atoms with Crippen molar-refractivity contribution in [1.29, 1.82) is 0 Å². The lowest BCUT2D eigenvalue weighted by Gasteiger charge is -2.19. The quantitative estimate of drug-likeness (QED) is 0.791. The first-order valence-electron chi connectivity index (χ1n) is 6.77. The first-order valence-corrected chi connectivity index (χ1v) is 6.77. The zero-order valence-electron chi connectivity index (χ0n) is 9.97. The van der Waals surface area contributed by atoms with E-state index in [4.69, 9.17) is 0 Å². The molecule has 1 nitrogen and oxygen atoms in total. The maximum Gasteiger partial charge on any atom is 0.0375 e. The molecule has 1 aromatic carbocycles. The molecule has 1 fully saturated rings. The lowest BCUT2D eigenvalue weighted by atomic mass is 9.94. The molecule has 0 spiro atoms. The van der Waals surface area contributed by atoms with E-state index in [1.165, 1.54) is 56.2 Å². The zero-order chi connectivity index (χ0) is 10.8. The first-order chi connectivity index (χ1) is 7.92. The number of fused-ring (bicyclic) bond motifs is 1. The standard InChI is InChI=1S/C15H21N/c1-2-5-12(4-1)10-13-7-8-14-6-3-9-16-15(14)11-13/h7-8,11-12,16H,1-6,9-10H2. The van der Waals surface area contributed by atoms with E-state index >= 15 is 0 Å². The molecule has 86 valence electrons. The summed E-state index contributed by atoms with van der Waals surface area (Å²) in [6.45, 7) is 1.15. The fourth-order valence-electron chi connectivity index (χ4n) is 3.18. The van der Waals surface area contributed by atoms with Crippen molar-refractivity contribution in [3.8, 4) is 0 Å². The largest absolute Gasteiger partial charge is 0.385 e. The zero-order valence-corrected chi connectivity index (χ0v) is 9.97. The van der Waals surface area contributed by atoms with E-state index in [0.717, 1.165) is 12.5 Å². The van der Waals surface area contributed by atoms with Gasteiger partial charge in [-0.05, 0) is 42.4 Å². The van der Waals surface area contributed by atoms with Gasteiger partial charge in [0.2, 0.25) is 0 Å². The Balaban J connectivity index is 1.74. The fraction of sp³-hybridized carbons (Fsp3) is 0.600. The van der Waals surface area contributed by atoms with Crippen molar-refractivity contribution in [3.63, 3.8) is 0 Å². The molecule has 3 rings (SSSR count). The van der Waals surface area contributed by atoms with Gasteiger partial charge in [-0.1, -0.05) is 37.8 Å². The summed E-state index contributed by atoms with van der Waals surface area (Å²) < 4.78 is 0. The summed E-state index contributed by atoms with van der Waals surface area (Å²) in [5.74, 6) is 0.960. The monoisotopic (exact) mass is 215 g/mol. The van der Waals surface area contributed by atoms with Crippen LogP contribution in [-0.4, -0.2) is 6.54 Å². The molecule has 1 N–H and O–H groups in total. The normalized spacial score (nSPS) is 20.5. The minimum atomic E-state index is 0.960. The Morgan fingerprint density at radius 2 is 2.00 bits per heavy atom. The molecule has 1 aliphatic heterocycles. The minimum Gasteiger partial charge on any atom is -0.385 e. The Morgan fingerprint density at radius 1 is 1.12 bits per heavy atom. The second kappa shape index (κ2) is 4.48. The number of aryl methyl sites for hydroxylation is 1. The van der Waals surface area contributed by atoms with Crippen molar-refractivity contribution in [2.24, 2.45) is 5.92 Å². The molecule has 1 aliphatic carbocycles. The predicted molar refractivity (Wildman–Crippen MR) is 68.9 cm³/mol. The summed E-state index contributed by atoms with van der Waals surface area (Å²) in [6.07, 6.45) is 9.65. The maximum absolute atomic E-state index is 3.53. The summed E-state index contributed by atoms with van der Waals surface area (Å²) >= 11 is 0. The van der Waals surface area contributed by atoms with Crippen LogP contribution in [0.4, 0.5) is 5.69 Å². The van der Waals surface area contributed by atoms with Gasteiger partial charge in [0.05, 0.1) is 0 Å². The van der Waals surface area contributed by atoms with Crippen LogP contribution in [0.3, 0.4) is 0 Å². The van der Waals surface area contributed by atoms with Crippen molar-refractivity contribution in [1.82, 2.24) is 0 Å². The van der Waals surface area contributed by atoms with Crippen LogP contribution >= 0.6 is 0 Å². The minimum absolute atomic E-state index is 0.960. The van der Waals surface area contributed by atoms with Crippen LogP contribution in [-0.2, 0) is 12.8 Å². The van der Waals surface area contributed by atoms with E-state index in [9.17, 15) is 0 Å². The summed E-state index contributed by atoms with van der Waals surface area (Å²) in [4.78, 5) is 0. The van der Waals surface area contributed by atoms with E-state index < -0.39 is 0 Å². The molecular formula is C15H21N. The molecule has 0 aromatic heterocycles. The molecule has 0 bridgehead atoms. The molecule has 0 unspecified atom stereocenters. The summed E-state index contributed by atoms with van der Waals surface area (Å²) in [7, 11) is 0. The third-order valence-corrected chi connectivity index (χ3v) is 4.11. The van der Waals surface area contributed by atoms with Gasteiger partial charge in [-0.3, -0.25) is 0 Å². The fourth-order valence-corrected chi connectivity index (χ4v) is 3.18. The molecule has 1 heteroatoms. The number of hydrogen-bond donors (Lipinski definition) is 1. The van der Waals surface area contributed by atoms with Crippen molar-refractivity contribution >= 4 is 5.69 Å². The highest BCUT2D eigenvalue weighted by Gasteiger charge is 2.16. The van der Waals surface area contributed by atoms with E-state index in [0.29, 0.717) is 0 Å². The number of benzene rings is 1. The van der Waals surface area contributed by atoms with E-state index in [2.05, 4.69) is 23.5 Å². The summed E-state index contributed by atoms with van der Waals surface area (Å²) in [5, 5.41) is 3.53. The summed E-state index contributed by atoms with van der Waals surface area (Å²) in [5.41, 5.74) is 4.46. The number of nitrogens with one attached hydrogen (secondary N) is 1.